The zero-order valence-corrected chi connectivity index (χ0v) is 11.8. The number of hydrogen-bond acceptors (Lipinski definition) is 3. The van der Waals surface area contributed by atoms with E-state index in [1.54, 1.807) is 11.3 Å². The van der Waals surface area contributed by atoms with Gasteiger partial charge in [-0.25, -0.2) is 0 Å². The minimum atomic E-state index is -0.404. The molecule has 0 aliphatic heterocycles. The Labute approximate surface area is 107 Å². The van der Waals surface area contributed by atoms with Crippen LogP contribution in [0.1, 0.15) is 43.0 Å². The molecule has 0 saturated carbocycles. The van der Waals surface area contributed by atoms with E-state index in [1.165, 1.54) is 9.75 Å². The molecule has 0 aliphatic rings. The summed E-state index contributed by atoms with van der Waals surface area (Å²) in [4.78, 5) is 14.3. The first-order valence-electron chi connectivity index (χ1n) is 6.02. The minimum absolute atomic E-state index is 0.0411. The number of nitrogens with two attached hydrogens (primary N) is 1. The average molecular weight is 254 g/mol. The van der Waals surface area contributed by atoms with Crippen molar-refractivity contribution < 1.29 is 4.79 Å². The van der Waals surface area contributed by atoms with Crippen LogP contribution < -0.4 is 11.1 Å². The van der Waals surface area contributed by atoms with Gasteiger partial charge in [0.1, 0.15) is 0 Å². The van der Waals surface area contributed by atoms with Crippen molar-refractivity contribution in [2.45, 2.75) is 46.2 Å². The molecule has 0 fully saturated rings. The highest BCUT2D eigenvalue weighted by Crippen LogP contribution is 2.22. The third-order valence-corrected chi connectivity index (χ3v) is 3.79. The maximum atomic E-state index is 11.8. The van der Waals surface area contributed by atoms with Gasteiger partial charge in [-0.2, -0.15) is 0 Å². The largest absolute Gasteiger partial charge is 0.347 e. The molecule has 17 heavy (non-hydrogen) atoms. The van der Waals surface area contributed by atoms with Crippen molar-refractivity contribution in [2.75, 3.05) is 0 Å². The van der Waals surface area contributed by atoms with E-state index < -0.39 is 6.04 Å². The molecule has 0 aromatic carbocycles. The molecule has 1 unspecified atom stereocenters. The van der Waals surface area contributed by atoms with Crippen LogP contribution in [-0.4, -0.2) is 11.9 Å². The summed E-state index contributed by atoms with van der Waals surface area (Å²) in [6, 6.07) is 3.76. The summed E-state index contributed by atoms with van der Waals surface area (Å²) in [5.41, 5.74) is 5.84. The molecule has 3 nitrogen and oxygen atoms in total. The third kappa shape index (κ3) is 4.48. The van der Waals surface area contributed by atoms with Crippen molar-refractivity contribution in [2.24, 2.45) is 11.7 Å². The van der Waals surface area contributed by atoms with Crippen molar-refractivity contribution in [1.29, 1.82) is 0 Å². The number of carbonyl (C=O) groups excluding carboxylic acids is 1. The monoisotopic (exact) mass is 254 g/mol. The number of hydrogen-bond donors (Lipinski definition) is 2. The Kier molecular flexibility index (Phi) is 5.15. The number of thiophene rings is 1. The van der Waals surface area contributed by atoms with Crippen LogP contribution in [0.4, 0.5) is 0 Å². The maximum Gasteiger partial charge on any atom is 0.237 e. The van der Waals surface area contributed by atoms with Crippen molar-refractivity contribution >= 4 is 17.2 Å². The molecule has 1 rings (SSSR count). The fourth-order valence-electron chi connectivity index (χ4n) is 1.69. The lowest BCUT2D eigenvalue weighted by molar-refractivity contribution is -0.123. The summed E-state index contributed by atoms with van der Waals surface area (Å²) in [7, 11) is 0. The Balaban J connectivity index is 2.51. The first-order chi connectivity index (χ1) is 7.90. The van der Waals surface area contributed by atoms with Gasteiger partial charge in [0.15, 0.2) is 0 Å². The molecule has 0 aliphatic carbocycles. The van der Waals surface area contributed by atoms with Gasteiger partial charge in [0.25, 0.3) is 0 Å². The predicted molar refractivity (Wildman–Crippen MR) is 73.0 cm³/mol. The van der Waals surface area contributed by atoms with E-state index >= 15 is 0 Å². The molecular weight excluding hydrogens is 232 g/mol. The van der Waals surface area contributed by atoms with Crippen molar-refractivity contribution in [1.82, 2.24) is 5.32 Å². The zero-order valence-electron chi connectivity index (χ0n) is 11.0. The Morgan fingerprint density at radius 3 is 2.53 bits per heavy atom. The van der Waals surface area contributed by atoms with Crippen LogP contribution in [0.25, 0.3) is 0 Å². The molecule has 0 radical (unpaired) electrons. The van der Waals surface area contributed by atoms with Gasteiger partial charge in [-0.1, -0.05) is 13.8 Å². The van der Waals surface area contributed by atoms with Crippen LogP contribution in [-0.2, 0) is 4.79 Å². The van der Waals surface area contributed by atoms with E-state index in [1.807, 2.05) is 6.92 Å². The second kappa shape index (κ2) is 6.17. The van der Waals surface area contributed by atoms with Crippen LogP contribution in [0.3, 0.4) is 0 Å². The van der Waals surface area contributed by atoms with Gasteiger partial charge in [-0.15, -0.1) is 11.3 Å². The quantitative estimate of drug-likeness (QED) is 0.848. The third-order valence-electron chi connectivity index (χ3n) is 2.61. The summed E-state index contributed by atoms with van der Waals surface area (Å²) >= 11 is 1.71. The number of carbonyl (C=O) groups is 1. The summed E-state index contributed by atoms with van der Waals surface area (Å²) < 4.78 is 0. The first-order valence-corrected chi connectivity index (χ1v) is 6.84. The molecule has 1 amide bonds. The van der Waals surface area contributed by atoms with Gasteiger partial charge in [0, 0.05) is 9.75 Å². The topological polar surface area (TPSA) is 55.1 Å². The number of nitrogens with one attached hydrogen (secondary N) is 1. The van der Waals surface area contributed by atoms with E-state index in [2.05, 4.69) is 38.2 Å². The molecule has 0 saturated heterocycles. The van der Waals surface area contributed by atoms with Crippen LogP contribution >= 0.6 is 11.3 Å². The molecule has 96 valence electrons. The number of aryl methyl sites for hydroxylation is 1. The summed E-state index contributed by atoms with van der Waals surface area (Å²) in [6.07, 6.45) is 0.724. The number of rotatable bonds is 5. The normalized spacial score (nSPS) is 14.7. The van der Waals surface area contributed by atoms with E-state index in [-0.39, 0.29) is 11.9 Å². The molecular formula is C13H22N2OS. The molecule has 0 spiro atoms. The SMILES string of the molecule is Cc1ccc(C(C)NC(=O)[C@H](N)CC(C)C)s1. The standard InChI is InChI=1S/C13H22N2OS/c1-8(2)7-11(14)13(16)15-10(4)12-6-5-9(3)17-12/h5-6,8,10-11H,7,14H2,1-4H3,(H,15,16)/t10?,11-/m1/s1. The maximum absolute atomic E-state index is 11.8. The van der Waals surface area contributed by atoms with E-state index in [4.69, 9.17) is 5.73 Å². The van der Waals surface area contributed by atoms with Crippen LogP contribution in [0.15, 0.2) is 12.1 Å². The average Bonchev–Trinajstić information content (AvgIpc) is 2.63. The Hall–Kier alpha value is -0.870. The lowest BCUT2D eigenvalue weighted by Crippen LogP contribution is -2.42. The Bertz CT molecular complexity index is 373. The van der Waals surface area contributed by atoms with Crippen molar-refractivity contribution in [3.8, 4) is 0 Å². The second-order valence-electron chi connectivity index (χ2n) is 4.91. The van der Waals surface area contributed by atoms with Crippen LogP contribution in [0.2, 0.25) is 0 Å². The molecule has 2 atom stereocenters. The smallest absolute Gasteiger partial charge is 0.237 e. The molecule has 1 heterocycles. The van der Waals surface area contributed by atoms with Crippen molar-refractivity contribution in [3.05, 3.63) is 21.9 Å². The van der Waals surface area contributed by atoms with E-state index in [9.17, 15) is 4.79 Å². The van der Waals surface area contributed by atoms with Gasteiger partial charge in [0.2, 0.25) is 5.91 Å². The summed E-state index contributed by atoms with van der Waals surface area (Å²) in [6.45, 7) is 8.19. The molecule has 1 aromatic rings. The van der Waals surface area contributed by atoms with Gasteiger partial charge in [0.05, 0.1) is 12.1 Å². The molecule has 3 N–H and O–H groups in total. The first kappa shape index (κ1) is 14.2. The Morgan fingerprint density at radius 1 is 1.41 bits per heavy atom. The fraction of sp³-hybridized carbons (Fsp3) is 0.615. The van der Waals surface area contributed by atoms with E-state index in [0.29, 0.717) is 5.92 Å². The zero-order chi connectivity index (χ0) is 13.0. The molecule has 4 heteroatoms. The van der Waals surface area contributed by atoms with Gasteiger partial charge >= 0.3 is 0 Å². The summed E-state index contributed by atoms with van der Waals surface area (Å²) in [5.74, 6) is 0.382. The molecule has 1 aromatic heterocycles. The van der Waals surface area contributed by atoms with E-state index in [0.717, 1.165) is 6.42 Å². The van der Waals surface area contributed by atoms with Crippen LogP contribution in [0, 0.1) is 12.8 Å². The minimum Gasteiger partial charge on any atom is -0.347 e. The summed E-state index contributed by atoms with van der Waals surface area (Å²) in [5, 5.41) is 2.96. The lowest BCUT2D eigenvalue weighted by Gasteiger charge is -2.17. The van der Waals surface area contributed by atoms with Crippen molar-refractivity contribution in [3.63, 3.8) is 0 Å². The van der Waals surface area contributed by atoms with Crippen LogP contribution in [0.5, 0.6) is 0 Å². The number of amides is 1. The Morgan fingerprint density at radius 2 is 2.06 bits per heavy atom. The highest BCUT2D eigenvalue weighted by atomic mass is 32.1. The highest BCUT2D eigenvalue weighted by Gasteiger charge is 2.18. The van der Waals surface area contributed by atoms with Gasteiger partial charge in [-0.05, 0) is 38.3 Å². The van der Waals surface area contributed by atoms with Gasteiger partial charge < -0.3 is 11.1 Å². The predicted octanol–water partition coefficient (Wildman–Crippen LogP) is 2.61. The lowest BCUT2D eigenvalue weighted by atomic mass is 10.0. The fourth-order valence-corrected chi connectivity index (χ4v) is 2.57. The highest BCUT2D eigenvalue weighted by molar-refractivity contribution is 7.12. The molecule has 0 bridgehead atoms. The van der Waals surface area contributed by atoms with Gasteiger partial charge in [-0.3, -0.25) is 4.79 Å². The second-order valence-corrected chi connectivity index (χ2v) is 6.23.